The van der Waals surface area contributed by atoms with Crippen LogP contribution in [0, 0.1) is 5.41 Å². The third-order valence-electron chi connectivity index (χ3n) is 7.18. The Bertz CT molecular complexity index is 1540. The summed E-state index contributed by atoms with van der Waals surface area (Å²) in [6.07, 6.45) is 1.76. The van der Waals surface area contributed by atoms with Gasteiger partial charge in [-0.15, -0.1) is 0 Å². The molecule has 0 saturated heterocycles. The van der Waals surface area contributed by atoms with Gasteiger partial charge in [0.1, 0.15) is 0 Å². The molecule has 0 aromatic heterocycles. The summed E-state index contributed by atoms with van der Waals surface area (Å²) < 4.78 is 0. The van der Waals surface area contributed by atoms with Crippen LogP contribution in [0.25, 0.3) is 16.8 Å². The smallest absolute Gasteiger partial charge is 0.0713 e. The van der Waals surface area contributed by atoms with Crippen molar-refractivity contribution in [1.29, 1.82) is 5.41 Å². The number of allylic oxidation sites excluding steroid dienone is 1. The summed E-state index contributed by atoms with van der Waals surface area (Å²) in [7, 11) is 0. The van der Waals surface area contributed by atoms with Crippen LogP contribution in [0.1, 0.15) is 33.4 Å². The van der Waals surface area contributed by atoms with Crippen LogP contribution in [0.4, 0.5) is 0 Å². The average Bonchev–Trinajstić information content (AvgIpc) is 3.25. The standard InChI is InChI=1S/C34H26N2/c35-32(24-12-4-1-5-13-24)23-33(36)25-20-21-29-28-18-10-11-19-30(28)34(31(29)22-25,26-14-6-2-7-15-26)27-16-8-3-9-17-27/h1-23,35H,36H2/b33-23-,35-32?. The van der Waals surface area contributed by atoms with E-state index in [0.717, 1.165) is 11.1 Å². The van der Waals surface area contributed by atoms with E-state index < -0.39 is 5.41 Å². The SMILES string of the molecule is N=C(/C=C(\N)c1ccc2c(c1)C(c1ccccc1)(c1ccccc1)c1ccccc1-2)c1ccccc1. The van der Waals surface area contributed by atoms with Gasteiger partial charge in [0.2, 0.25) is 0 Å². The predicted octanol–water partition coefficient (Wildman–Crippen LogP) is 7.42. The number of nitrogens with one attached hydrogen (secondary N) is 1. The van der Waals surface area contributed by atoms with Gasteiger partial charge < -0.3 is 11.1 Å². The molecule has 0 atom stereocenters. The molecule has 0 bridgehead atoms. The molecule has 6 rings (SSSR count). The summed E-state index contributed by atoms with van der Waals surface area (Å²) in [6.45, 7) is 0. The Morgan fingerprint density at radius 1 is 0.556 bits per heavy atom. The van der Waals surface area contributed by atoms with Crippen LogP contribution in [0.15, 0.2) is 140 Å². The van der Waals surface area contributed by atoms with Crippen molar-refractivity contribution in [1.82, 2.24) is 0 Å². The molecule has 5 aromatic carbocycles. The first-order valence-electron chi connectivity index (χ1n) is 12.2. The Hall–Kier alpha value is -4.69. The molecule has 1 aliphatic carbocycles. The lowest BCUT2D eigenvalue weighted by Gasteiger charge is -2.34. The van der Waals surface area contributed by atoms with Gasteiger partial charge >= 0.3 is 0 Å². The van der Waals surface area contributed by atoms with E-state index in [1.807, 2.05) is 30.3 Å². The summed E-state index contributed by atoms with van der Waals surface area (Å²) in [5.41, 5.74) is 16.3. The van der Waals surface area contributed by atoms with E-state index in [1.165, 1.54) is 33.4 Å². The van der Waals surface area contributed by atoms with Crippen molar-refractivity contribution >= 4 is 11.4 Å². The van der Waals surface area contributed by atoms with Crippen LogP contribution < -0.4 is 5.73 Å². The highest BCUT2D eigenvalue weighted by Crippen LogP contribution is 2.56. The average molecular weight is 463 g/mol. The minimum absolute atomic E-state index is 0.397. The molecule has 0 aliphatic heterocycles. The fourth-order valence-electron chi connectivity index (χ4n) is 5.56. The number of nitrogens with two attached hydrogens (primary N) is 1. The zero-order valence-electron chi connectivity index (χ0n) is 19.9. The molecule has 0 heterocycles. The summed E-state index contributed by atoms with van der Waals surface area (Å²) in [5.74, 6) is 0. The monoisotopic (exact) mass is 462 g/mol. The topological polar surface area (TPSA) is 49.9 Å². The van der Waals surface area contributed by atoms with Crippen LogP contribution >= 0.6 is 0 Å². The molecule has 0 fully saturated rings. The van der Waals surface area contributed by atoms with E-state index in [-0.39, 0.29) is 0 Å². The van der Waals surface area contributed by atoms with E-state index in [0.29, 0.717) is 11.4 Å². The molecular weight excluding hydrogens is 436 g/mol. The maximum atomic E-state index is 8.56. The largest absolute Gasteiger partial charge is 0.398 e. The van der Waals surface area contributed by atoms with Crippen LogP contribution in [0.2, 0.25) is 0 Å². The number of hydrogen-bond donors (Lipinski definition) is 2. The lowest BCUT2D eigenvalue weighted by molar-refractivity contribution is 0.768. The van der Waals surface area contributed by atoms with Gasteiger partial charge in [-0.2, -0.15) is 0 Å². The summed E-state index contributed by atoms with van der Waals surface area (Å²) in [5, 5.41) is 8.56. The predicted molar refractivity (Wildman–Crippen MR) is 149 cm³/mol. The third-order valence-corrected chi connectivity index (χ3v) is 7.18. The van der Waals surface area contributed by atoms with Crippen molar-refractivity contribution in [2.75, 3.05) is 0 Å². The van der Waals surface area contributed by atoms with Gasteiger partial charge in [-0.05, 0) is 56.6 Å². The van der Waals surface area contributed by atoms with Crippen molar-refractivity contribution in [3.05, 3.63) is 173 Å². The second kappa shape index (κ2) is 8.83. The zero-order valence-corrected chi connectivity index (χ0v) is 19.9. The highest BCUT2D eigenvalue weighted by molar-refractivity contribution is 6.10. The van der Waals surface area contributed by atoms with E-state index in [4.69, 9.17) is 11.1 Å². The fourth-order valence-corrected chi connectivity index (χ4v) is 5.56. The van der Waals surface area contributed by atoms with E-state index >= 15 is 0 Å². The third kappa shape index (κ3) is 3.38. The minimum atomic E-state index is -0.461. The van der Waals surface area contributed by atoms with Gasteiger partial charge in [0, 0.05) is 5.70 Å². The molecule has 0 spiro atoms. The summed E-state index contributed by atoms with van der Waals surface area (Å²) in [6, 6.07) is 46.3. The number of benzene rings is 5. The van der Waals surface area contributed by atoms with Crippen molar-refractivity contribution < 1.29 is 0 Å². The second-order valence-electron chi connectivity index (χ2n) is 9.17. The molecule has 36 heavy (non-hydrogen) atoms. The molecule has 1 aliphatic rings. The molecule has 172 valence electrons. The molecule has 0 saturated carbocycles. The lowest BCUT2D eigenvalue weighted by atomic mass is 9.67. The van der Waals surface area contributed by atoms with Crippen molar-refractivity contribution in [3.8, 4) is 11.1 Å². The molecular formula is C34H26N2. The first kappa shape index (κ1) is 21.8. The number of hydrogen-bond acceptors (Lipinski definition) is 2. The highest BCUT2D eigenvalue weighted by atomic mass is 14.6. The van der Waals surface area contributed by atoms with Crippen molar-refractivity contribution in [2.24, 2.45) is 5.73 Å². The van der Waals surface area contributed by atoms with Crippen LogP contribution in [-0.2, 0) is 5.41 Å². The number of fused-ring (bicyclic) bond motifs is 3. The highest BCUT2D eigenvalue weighted by Gasteiger charge is 2.45. The van der Waals surface area contributed by atoms with E-state index in [1.54, 1.807) is 6.08 Å². The van der Waals surface area contributed by atoms with Crippen molar-refractivity contribution in [2.45, 2.75) is 5.41 Å². The second-order valence-corrected chi connectivity index (χ2v) is 9.17. The maximum absolute atomic E-state index is 8.56. The van der Waals surface area contributed by atoms with Gasteiger partial charge in [0.15, 0.2) is 0 Å². The molecule has 5 aromatic rings. The molecule has 0 amide bonds. The normalized spacial score (nSPS) is 13.6. The van der Waals surface area contributed by atoms with Crippen molar-refractivity contribution in [3.63, 3.8) is 0 Å². The molecule has 2 heteroatoms. The van der Waals surface area contributed by atoms with E-state index in [2.05, 4.69) is 103 Å². The van der Waals surface area contributed by atoms with Gasteiger partial charge in [0.05, 0.1) is 11.1 Å². The fraction of sp³-hybridized carbons (Fsp3) is 0.0294. The summed E-state index contributed by atoms with van der Waals surface area (Å²) >= 11 is 0. The number of rotatable bonds is 5. The Balaban J connectivity index is 1.59. The van der Waals surface area contributed by atoms with Gasteiger partial charge in [0.25, 0.3) is 0 Å². The minimum Gasteiger partial charge on any atom is -0.398 e. The lowest BCUT2D eigenvalue weighted by Crippen LogP contribution is -2.28. The Morgan fingerprint density at radius 2 is 1.08 bits per heavy atom. The summed E-state index contributed by atoms with van der Waals surface area (Å²) in [4.78, 5) is 0. The first-order chi connectivity index (χ1) is 17.7. The maximum Gasteiger partial charge on any atom is 0.0713 e. The van der Waals surface area contributed by atoms with Gasteiger partial charge in [-0.1, -0.05) is 127 Å². The molecule has 0 radical (unpaired) electrons. The van der Waals surface area contributed by atoms with E-state index in [9.17, 15) is 0 Å². The Kier molecular flexibility index (Phi) is 5.35. The zero-order chi connectivity index (χ0) is 24.5. The first-order valence-corrected chi connectivity index (χ1v) is 12.2. The molecule has 2 nitrogen and oxygen atoms in total. The Labute approximate surface area is 211 Å². The van der Waals surface area contributed by atoms with Crippen LogP contribution in [0.3, 0.4) is 0 Å². The van der Waals surface area contributed by atoms with Gasteiger partial charge in [-0.3, -0.25) is 0 Å². The van der Waals surface area contributed by atoms with Gasteiger partial charge in [-0.25, -0.2) is 0 Å². The quantitative estimate of drug-likeness (QED) is 0.257. The Morgan fingerprint density at radius 3 is 1.72 bits per heavy atom. The van der Waals surface area contributed by atoms with Crippen LogP contribution in [-0.4, -0.2) is 5.71 Å². The van der Waals surface area contributed by atoms with Crippen LogP contribution in [0.5, 0.6) is 0 Å². The molecule has 0 unspecified atom stereocenters. The molecule has 3 N–H and O–H groups in total.